The number of hydrogen-bond donors (Lipinski definition) is 2. The topological polar surface area (TPSA) is 121 Å². The second-order valence-electron chi connectivity index (χ2n) is 8.11. The standard InChI is InChI=1S/C26H23N7O2/c1-2-14-33(25-23-19(6-5-13-27-23)15-22(28-25)26(34)35)16-17-9-11-18(12-10-17)20-7-3-4-8-21(20)24-29-31-32-30-24/h3-13,15H,2,14,16H2,1H3,(H,34,35)(H,29,30,31,32). The zero-order chi connectivity index (χ0) is 24.2. The molecule has 5 aromatic rings. The Kier molecular flexibility index (Phi) is 6.13. The molecule has 0 bridgehead atoms. The molecule has 0 aliphatic rings. The second-order valence-corrected chi connectivity index (χ2v) is 8.11. The highest BCUT2D eigenvalue weighted by molar-refractivity contribution is 5.96. The van der Waals surface area contributed by atoms with Crippen molar-refractivity contribution in [3.63, 3.8) is 0 Å². The molecule has 5 rings (SSSR count). The van der Waals surface area contributed by atoms with Gasteiger partial charge in [0.25, 0.3) is 0 Å². The number of carboxylic acid groups (broad SMARTS) is 1. The summed E-state index contributed by atoms with van der Waals surface area (Å²) in [5.41, 5.74) is 4.72. The number of aromatic carboxylic acids is 1. The van der Waals surface area contributed by atoms with Gasteiger partial charge in [-0.2, -0.15) is 5.21 Å². The number of anilines is 1. The lowest BCUT2D eigenvalue weighted by atomic mass is 9.98. The number of nitrogens with zero attached hydrogens (tertiary/aromatic N) is 6. The second kappa shape index (κ2) is 9.68. The minimum atomic E-state index is -1.06. The molecule has 2 N–H and O–H groups in total. The molecule has 35 heavy (non-hydrogen) atoms. The molecule has 0 spiro atoms. The van der Waals surface area contributed by atoms with Crippen LogP contribution >= 0.6 is 0 Å². The van der Waals surface area contributed by atoms with Crippen molar-refractivity contribution in [2.45, 2.75) is 19.9 Å². The molecule has 0 atom stereocenters. The predicted molar refractivity (Wildman–Crippen MR) is 133 cm³/mol. The number of fused-ring (bicyclic) bond motifs is 1. The van der Waals surface area contributed by atoms with Crippen molar-refractivity contribution >= 4 is 22.7 Å². The van der Waals surface area contributed by atoms with E-state index < -0.39 is 5.97 Å². The van der Waals surface area contributed by atoms with Gasteiger partial charge >= 0.3 is 5.97 Å². The lowest BCUT2D eigenvalue weighted by Crippen LogP contribution is -2.25. The summed E-state index contributed by atoms with van der Waals surface area (Å²) in [5.74, 6) is 0.0644. The summed E-state index contributed by atoms with van der Waals surface area (Å²) < 4.78 is 0. The summed E-state index contributed by atoms with van der Waals surface area (Å²) in [6, 6.07) is 21.4. The van der Waals surface area contributed by atoms with E-state index in [9.17, 15) is 9.90 Å². The third-order valence-electron chi connectivity index (χ3n) is 5.73. The molecular formula is C26H23N7O2. The van der Waals surface area contributed by atoms with Crippen LogP contribution in [0.5, 0.6) is 0 Å². The van der Waals surface area contributed by atoms with Gasteiger partial charge in [-0.25, -0.2) is 9.78 Å². The van der Waals surface area contributed by atoms with E-state index in [1.807, 2.05) is 30.3 Å². The van der Waals surface area contributed by atoms with Crippen LogP contribution in [0.1, 0.15) is 29.4 Å². The minimum Gasteiger partial charge on any atom is -0.477 e. The van der Waals surface area contributed by atoms with E-state index in [1.54, 1.807) is 18.3 Å². The summed E-state index contributed by atoms with van der Waals surface area (Å²) >= 11 is 0. The Morgan fingerprint density at radius 3 is 2.54 bits per heavy atom. The Morgan fingerprint density at radius 1 is 1.03 bits per heavy atom. The highest BCUT2D eigenvalue weighted by Gasteiger charge is 2.18. The van der Waals surface area contributed by atoms with Crippen LogP contribution in [-0.2, 0) is 6.54 Å². The van der Waals surface area contributed by atoms with Crippen molar-refractivity contribution in [3.8, 4) is 22.5 Å². The van der Waals surface area contributed by atoms with Crippen LogP contribution in [-0.4, -0.2) is 48.2 Å². The third kappa shape index (κ3) is 4.56. The molecule has 9 heteroatoms. The first-order valence-corrected chi connectivity index (χ1v) is 11.3. The van der Waals surface area contributed by atoms with Gasteiger partial charge < -0.3 is 10.0 Å². The quantitative estimate of drug-likeness (QED) is 0.341. The summed E-state index contributed by atoms with van der Waals surface area (Å²) in [6.07, 6.45) is 2.58. The monoisotopic (exact) mass is 465 g/mol. The first kappa shape index (κ1) is 22.1. The molecule has 9 nitrogen and oxygen atoms in total. The van der Waals surface area contributed by atoms with E-state index in [2.05, 4.69) is 66.7 Å². The van der Waals surface area contributed by atoms with Crippen LogP contribution in [0, 0.1) is 0 Å². The van der Waals surface area contributed by atoms with E-state index in [0.717, 1.165) is 34.1 Å². The number of aromatic amines is 1. The van der Waals surface area contributed by atoms with Gasteiger partial charge in [0.15, 0.2) is 11.5 Å². The van der Waals surface area contributed by atoms with Gasteiger partial charge in [-0.1, -0.05) is 61.5 Å². The minimum absolute atomic E-state index is 0.00928. The summed E-state index contributed by atoms with van der Waals surface area (Å²) in [5, 5.41) is 24.8. The van der Waals surface area contributed by atoms with Crippen molar-refractivity contribution in [1.29, 1.82) is 0 Å². The van der Waals surface area contributed by atoms with Crippen molar-refractivity contribution in [3.05, 3.63) is 84.2 Å². The number of hydrogen-bond acceptors (Lipinski definition) is 7. The zero-order valence-electron chi connectivity index (χ0n) is 19.1. The fourth-order valence-corrected chi connectivity index (χ4v) is 4.14. The van der Waals surface area contributed by atoms with Crippen LogP contribution in [0.25, 0.3) is 33.4 Å². The van der Waals surface area contributed by atoms with Crippen molar-refractivity contribution < 1.29 is 9.90 Å². The zero-order valence-corrected chi connectivity index (χ0v) is 19.1. The van der Waals surface area contributed by atoms with E-state index in [4.69, 9.17) is 0 Å². The first-order chi connectivity index (χ1) is 17.1. The number of carboxylic acids is 1. The van der Waals surface area contributed by atoms with Gasteiger partial charge in [0, 0.05) is 30.2 Å². The number of rotatable bonds is 8. The maximum Gasteiger partial charge on any atom is 0.354 e. The Morgan fingerprint density at radius 2 is 1.83 bits per heavy atom. The van der Waals surface area contributed by atoms with Crippen LogP contribution < -0.4 is 4.90 Å². The average Bonchev–Trinajstić information content (AvgIpc) is 3.43. The molecule has 0 unspecified atom stereocenters. The highest BCUT2D eigenvalue weighted by Crippen LogP contribution is 2.31. The molecule has 0 fully saturated rings. The Labute approximate surface area is 201 Å². The lowest BCUT2D eigenvalue weighted by Gasteiger charge is -2.25. The number of tetrazole rings is 1. The fraction of sp³-hybridized carbons (Fsp3) is 0.154. The third-order valence-corrected chi connectivity index (χ3v) is 5.73. The van der Waals surface area contributed by atoms with E-state index in [0.29, 0.717) is 30.2 Å². The fourth-order valence-electron chi connectivity index (χ4n) is 4.14. The van der Waals surface area contributed by atoms with Gasteiger partial charge in [-0.15, -0.1) is 10.2 Å². The molecule has 3 heterocycles. The molecule has 0 aliphatic carbocycles. The molecule has 0 saturated heterocycles. The number of carbonyl (C=O) groups is 1. The molecular weight excluding hydrogens is 442 g/mol. The number of pyridine rings is 2. The molecule has 3 aromatic heterocycles. The molecule has 2 aromatic carbocycles. The maximum atomic E-state index is 11.7. The largest absolute Gasteiger partial charge is 0.477 e. The average molecular weight is 466 g/mol. The van der Waals surface area contributed by atoms with Crippen LogP contribution in [0.2, 0.25) is 0 Å². The smallest absolute Gasteiger partial charge is 0.354 e. The number of nitrogens with one attached hydrogen (secondary N) is 1. The molecule has 0 saturated carbocycles. The lowest BCUT2D eigenvalue weighted by molar-refractivity contribution is 0.0691. The normalized spacial score (nSPS) is 11.0. The Balaban J connectivity index is 1.48. The van der Waals surface area contributed by atoms with Gasteiger partial charge in [-0.3, -0.25) is 4.98 Å². The van der Waals surface area contributed by atoms with E-state index >= 15 is 0 Å². The summed E-state index contributed by atoms with van der Waals surface area (Å²) in [6.45, 7) is 3.37. The van der Waals surface area contributed by atoms with Gasteiger partial charge in [0.05, 0.1) is 0 Å². The van der Waals surface area contributed by atoms with E-state index in [-0.39, 0.29) is 5.69 Å². The number of benzene rings is 2. The van der Waals surface area contributed by atoms with Gasteiger partial charge in [0.1, 0.15) is 5.52 Å². The van der Waals surface area contributed by atoms with Crippen LogP contribution in [0.3, 0.4) is 0 Å². The molecule has 174 valence electrons. The van der Waals surface area contributed by atoms with Crippen molar-refractivity contribution in [2.75, 3.05) is 11.4 Å². The van der Waals surface area contributed by atoms with Crippen LogP contribution in [0.4, 0.5) is 5.82 Å². The Bertz CT molecular complexity index is 1470. The van der Waals surface area contributed by atoms with Crippen LogP contribution in [0.15, 0.2) is 72.9 Å². The highest BCUT2D eigenvalue weighted by atomic mass is 16.4. The predicted octanol–water partition coefficient (Wildman–Crippen LogP) is 4.59. The van der Waals surface area contributed by atoms with Crippen molar-refractivity contribution in [2.24, 2.45) is 0 Å². The number of aromatic nitrogens is 6. The molecule has 0 amide bonds. The Hall–Kier alpha value is -4.66. The maximum absolute atomic E-state index is 11.7. The number of H-pyrrole nitrogens is 1. The molecule has 0 radical (unpaired) electrons. The molecule has 0 aliphatic heterocycles. The van der Waals surface area contributed by atoms with Crippen molar-refractivity contribution in [1.82, 2.24) is 30.6 Å². The first-order valence-electron chi connectivity index (χ1n) is 11.3. The summed E-state index contributed by atoms with van der Waals surface area (Å²) in [4.78, 5) is 22.8. The van der Waals surface area contributed by atoms with Gasteiger partial charge in [0.2, 0.25) is 5.82 Å². The van der Waals surface area contributed by atoms with Gasteiger partial charge in [-0.05, 0) is 40.5 Å². The SMILES string of the molecule is CCCN(Cc1ccc(-c2ccccc2-c2nn[nH]n2)cc1)c1nc(C(=O)O)cc2cccnc12. The summed E-state index contributed by atoms with van der Waals surface area (Å²) in [7, 11) is 0. The van der Waals surface area contributed by atoms with E-state index in [1.165, 1.54) is 0 Å².